The molecule has 0 saturated heterocycles. The number of carboxylic acids is 1. The second-order valence-corrected chi connectivity index (χ2v) is 6.29. The smallest absolute Gasteiger partial charge is 0.352 e. The van der Waals surface area contributed by atoms with E-state index in [4.69, 9.17) is 9.84 Å². The monoisotopic (exact) mass is 308 g/mol. The van der Waals surface area contributed by atoms with E-state index in [1.165, 1.54) is 0 Å². The first-order valence-electron chi connectivity index (χ1n) is 6.13. The number of H-pyrrole nitrogens is 1. The van der Waals surface area contributed by atoms with Gasteiger partial charge in [0.2, 0.25) is 10.0 Å². The van der Waals surface area contributed by atoms with Crippen LogP contribution in [0.15, 0.2) is 41.4 Å². The van der Waals surface area contributed by atoms with Crippen LogP contribution in [0.2, 0.25) is 0 Å². The van der Waals surface area contributed by atoms with Crippen LogP contribution in [0.25, 0.3) is 0 Å². The van der Waals surface area contributed by atoms with Crippen molar-refractivity contribution >= 4 is 16.0 Å². The van der Waals surface area contributed by atoms with E-state index in [9.17, 15) is 13.2 Å². The third-order valence-corrected chi connectivity index (χ3v) is 4.65. The number of hydrogen-bond acceptors (Lipinski definition) is 4. The Balaban J connectivity index is 1.85. The fourth-order valence-corrected chi connectivity index (χ4v) is 3.36. The maximum absolute atomic E-state index is 12.3. The number of aromatic nitrogens is 1. The molecule has 1 aliphatic heterocycles. The molecule has 0 fully saturated rings. The highest BCUT2D eigenvalue weighted by atomic mass is 32.2. The van der Waals surface area contributed by atoms with Crippen molar-refractivity contribution in [2.75, 3.05) is 6.61 Å². The maximum Gasteiger partial charge on any atom is 0.352 e. The van der Waals surface area contributed by atoms with E-state index < -0.39 is 22.0 Å². The predicted molar refractivity (Wildman–Crippen MR) is 72.8 cm³/mol. The molecule has 1 unspecified atom stereocenters. The zero-order valence-electron chi connectivity index (χ0n) is 10.7. The number of aromatic carboxylic acids is 1. The Morgan fingerprint density at radius 2 is 2.14 bits per heavy atom. The Labute approximate surface area is 120 Å². The Kier molecular flexibility index (Phi) is 3.19. The van der Waals surface area contributed by atoms with Crippen LogP contribution in [0, 0.1) is 0 Å². The zero-order chi connectivity index (χ0) is 15.0. The Morgan fingerprint density at radius 1 is 1.38 bits per heavy atom. The Morgan fingerprint density at radius 3 is 2.86 bits per heavy atom. The molecule has 0 bridgehead atoms. The van der Waals surface area contributed by atoms with Gasteiger partial charge in [0.05, 0.1) is 6.04 Å². The molecule has 3 N–H and O–H groups in total. The molecule has 1 atom stereocenters. The van der Waals surface area contributed by atoms with Crippen molar-refractivity contribution in [1.29, 1.82) is 0 Å². The summed E-state index contributed by atoms with van der Waals surface area (Å²) < 4.78 is 32.4. The van der Waals surface area contributed by atoms with Crippen molar-refractivity contribution in [3.05, 3.63) is 47.8 Å². The number of benzene rings is 1. The molecule has 3 rings (SSSR count). The van der Waals surface area contributed by atoms with Crippen molar-refractivity contribution in [3.8, 4) is 5.75 Å². The molecule has 110 valence electrons. The van der Waals surface area contributed by atoms with Crippen molar-refractivity contribution in [2.24, 2.45) is 0 Å². The minimum absolute atomic E-state index is 0.121. The number of nitrogens with one attached hydrogen (secondary N) is 2. The van der Waals surface area contributed by atoms with Crippen molar-refractivity contribution in [2.45, 2.75) is 10.9 Å². The molecule has 1 aliphatic rings. The maximum atomic E-state index is 12.3. The van der Waals surface area contributed by atoms with Gasteiger partial charge in [0, 0.05) is 11.8 Å². The van der Waals surface area contributed by atoms with E-state index in [0.29, 0.717) is 5.75 Å². The van der Waals surface area contributed by atoms with Crippen LogP contribution in [0.1, 0.15) is 22.1 Å². The molecule has 7 nitrogen and oxygen atoms in total. The molecule has 8 heteroatoms. The van der Waals surface area contributed by atoms with Crippen LogP contribution in [0.4, 0.5) is 0 Å². The van der Waals surface area contributed by atoms with Gasteiger partial charge >= 0.3 is 5.97 Å². The summed E-state index contributed by atoms with van der Waals surface area (Å²) in [6.45, 7) is 0.203. The predicted octanol–water partition coefficient (Wildman–Crippen LogP) is 1.12. The van der Waals surface area contributed by atoms with Gasteiger partial charge in [-0.1, -0.05) is 18.2 Å². The third kappa shape index (κ3) is 2.50. The number of aromatic amines is 1. The fourth-order valence-electron chi connectivity index (χ4n) is 2.17. The summed E-state index contributed by atoms with van der Waals surface area (Å²) in [7, 11) is -3.82. The number of rotatable bonds is 4. The van der Waals surface area contributed by atoms with Crippen LogP contribution in [-0.4, -0.2) is 31.1 Å². The summed E-state index contributed by atoms with van der Waals surface area (Å²) >= 11 is 0. The number of fused-ring (bicyclic) bond motifs is 1. The standard InChI is InChI=1S/C13H12N2O5S/c16-13(17)10-5-8(6-14-10)21(18,19)15-11-7-20-12-4-2-1-3-9(11)12/h1-6,11,14-15H,7H2,(H,16,17). The van der Waals surface area contributed by atoms with Crippen molar-refractivity contribution in [1.82, 2.24) is 9.71 Å². The van der Waals surface area contributed by atoms with Gasteiger partial charge in [0.15, 0.2) is 0 Å². The SMILES string of the molecule is O=C(O)c1cc(S(=O)(=O)NC2COc3ccccc32)c[nH]1. The largest absolute Gasteiger partial charge is 0.491 e. The topological polar surface area (TPSA) is 108 Å². The molecule has 0 saturated carbocycles. The van der Waals surface area contributed by atoms with Gasteiger partial charge in [0.25, 0.3) is 0 Å². The van der Waals surface area contributed by atoms with Gasteiger partial charge in [-0.25, -0.2) is 17.9 Å². The third-order valence-electron chi connectivity index (χ3n) is 3.19. The van der Waals surface area contributed by atoms with E-state index in [0.717, 1.165) is 17.8 Å². The summed E-state index contributed by atoms with van der Waals surface area (Å²) in [5.41, 5.74) is 0.577. The lowest BCUT2D eigenvalue weighted by Crippen LogP contribution is -2.29. The van der Waals surface area contributed by atoms with E-state index in [1.54, 1.807) is 24.3 Å². The second kappa shape index (κ2) is 4.90. The lowest BCUT2D eigenvalue weighted by Gasteiger charge is -2.11. The molecule has 2 aromatic rings. The first-order chi connectivity index (χ1) is 9.97. The number of para-hydroxylation sites is 1. The first kappa shape index (κ1) is 13.7. The lowest BCUT2D eigenvalue weighted by atomic mass is 10.1. The average Bonchev–Trinajstić information content (AvgIpc) is 3.06. The number of carbonyl (C=O) groups is 1. The van der Waals surface area contributed by atoms with Gasteiger partial charge in [0.1, 0.15) is 22.9 Å². The van der Waals surface area contributed by atoms with Crippen LogP contribution in [0.5, 0.6) is 5.75 Å². The first-order valence-corrected chi connectivity index (χ1v) is 7.61. The quantitative estimate of drug-likeness (QED) is 0.784. The van der Waals surface area contributed by atoms with Crippen LogP contribution >= 0.6 is 0 Å². The summed E-state index contributed by atoms with van der Waals surface area (Å²) in [5.74, 6) is -0.573. The highest BCUT2D eigenvalue weighted by Crippen LogP contribution is 2.32. The van der Waals surface area contributed by atoms with Gasteiger partial charge in [-0.05, 0) is 12.1 Å². The lowest BCUT2D eigenvalue weighted by molar-refractivity contribution is 0.0691. The molecule has 0 spiro atoms. The number of hydrogen-bond donors (Lipinski definition) is 3. The summed E-state index contributed by atoms with van der Waals surface area (Å²) in [6, 6.07) is 7.74. The summed E-state index contributed by atoms with van der Waals surface area (Å²) in [6.07, 6.45) is 1.15. The van der Waals surface area contributed by atoms with Crippen LogP contribution < -0.4 is 9.46 Å². The van der Waals surface area contributed by atoms with Crippen LogP contribution in [-0.2, 0) is 10.0 Å². The number of sulfonamides is 1. The number of ether oxygens (including phenoxy) is 1. The Hall–Kier alpha value is -2.32. The molecule has 1 aromatic carbocycles. The van der Waals surface area contributed by atoms with E-state index >= 15 is 0 Å². The van der Waals surface area contributed by atoms with Gasteiger partial charge in [-0.3, -0.25) is 0 Å². The molecule has 0 amide bonds. The molecule has 2 heterocycles. The van der Waals surface area contributed by atoms with E-state index in [2.05, 4.69) is 9.71 Å². The highest BCUT2D eigenvalue weighted by molar-refractivity contribution is 7.89. The Bertz CT molecular complexity index is 796. The van der Waals surface area contributed by atoms with Crippen molar-refractivity contribution in [3.63, 3.8) is 0 Å². The molecule has 0 aliphatic carbocycles. The minimum atomic E-state index is -3.82. The summed E-state index contributed by atoms with van der Waals surface area (Å²) in [5, 5.41) is 8.81. The van der Waals surface area contributed by atoms with Crippen LogP contribution in [0.3, 0.4) is 0 Å². The normalized spacial score (nSPS) is 17.2. The molecule has 1 aromatic heterocycles. The number of carboxylic acid groups (broad SMARTS) is 1. The van der Waals surface area contributed by atoms with Gasteiger partial charge < -0.3 is 14.8 Å². The minimum Gasteiger partial charge on any atom is -0.491 e. The molecular formula is C13H12N2O5S. The molecule has 21 heavy (non-hydrogen) atoms. The van der Waals surface area contributed by atoms with Gasteiger partial charge in [-0.15, -0.1) is 0 Å². The van der Waals surface area contributed by atoms with Gasteiger partial charge in [-0.2, -0.15) is 0 Å². The summed E-state index contributed by atoms with van der Waals surface area (Å²) in [4.78, 5) is 13.1. The molecular weight excluding hydrogens is 296 g/mol. The van der Waals surface area contributed by atoms with E-state index in [-0.39, 0.29) is 17.2 Å². The fraction of sp³-hybridized carbons (Fsp3) is 0.154. The second-order valence-electron chi connectivity index (χ2n) is 4.58. The van der Waals surface area contributed by atoms with E-state index in [1.807, 2.05) is 0 Å². The highest BCUT2D eigenvalue weighted by Gasteiger charge is 2.29. The average molecular weight is 308 g/mol. The van der Waals surface area contributed by atoms with Crippen molar-refractivity contribution < 1.29 is 23.1 Å². The molecule has 0 radical (unpaired) electrons. The zero-order valence-corrected chi connectivity index (χ0v) is 11.6.